The highest BCUT2D eigenvalue weighted by molar-refractivity contribution is 7.84. The molecule has 0 radical (unpaired) electrons. The molecule has 0 aromatic heterocycles. The predicted octanol–water partition coefficient (Wildman–Crippen LogP) is 2.79. The SMILES string of the molecule is C/C=C(\C)CNC.C=CC(=C)S. The molecule has 0 fully saturated rings. The third kappa shape index (κ3) is 16.3. The monoisotopic (exact) mass is 185 g/mol. The molecule has 0 aliphatic carbocycles. The minimum absolute atomic E-state index is 0.713. The van der Waals surface area contributed by atoms with Crippen molar-refractivity contribution in [3.8, 4) is 0 Å². The summed E-state index contributed by atoms with van der Waals surface area (Å²) < 4.78 is 0. The number of likely N-dealkylation sites (N-methyl/N-ethyl adjacent to an activating group) is 1. The molecular formula is C10H19NS. The van der Waals surface area contributed by atoms with Gasteiger partial charge in [0, 0.05) is 6.54 Å². The van der Waals surface area contributed by atoms with Crippen LogP contribution in [0.1, 0.15) is 13.8 Å². The average molecular weight is 185 g/mol. The summed E-state index contributed by atoms with van der Waals surface area (Å²) in [7, 11) is 1.95. The lowest BCUT2D eigenvalue weighted by Crippen LogP contribution is -2.07. The molecule has 0 heterocycles. The van der Waals surface area contributed by atoms with Crippen molar-refractivity contribution in [2.75, 3.05) is 13.6 Å². The van der Waals surface area contributed by atoms with Crippen molar-refractivity contribution in [3.63, 3.8) is 0 Å². The Bertz CT molecular complexity index is 159. The second-order valence-corrected chi connectivity index (χ2v) is 2.94. The maximum absolute atomic E-state index is 3.79. The zero-order valence-corrected chi connectivity index (χ0v) is 9.12. The molecule has 0 aliphatic rings. The quantitative estimate of drug-likeness (QED) is 0.391. The topological polar surface area (TPSA) is 12.0 Å². The van der Waals surface area contributed by atoms with Crippen molar-refractivity contribution in [1.82, 2.24) is 5.32 Å². The molecule has 70 valence electrons. The van der Waals surface area contributed by atoms with E-state index < -0.39 is 0 Å². The van der Waals surface area contributed by atoms with Crippen molar-refractivity contribution in [2.45, 2.75) is 13.8 Å². The molecule has 0 spiro atoms. The van der Waals surface area contributed by atoms with Crippen molar-refractivity contribution < 1.29 is 0 Å². The molecule has 0 aromatic rings. The van der Waals surface area contributed by atoms with Gasteiger partial charge in [-0.1, -0.05) is 30.9 Å². The van der Waals surface area contributed by atoms with E-state index >= 15 is 0 Å². The molecule has 0 saturated heterocycles. The van der Waals surface area contributed by atoms with Gasteiger partial charge in [0.15, 0.2) is 0 Å². The summed E-state index contributed by atoms with van der Waals surface area (Å²) in [6, 6.07) is 0. The number of hydrogen-bond donors (Lipinski definition) is 2. The van der Waals surface area contributed by atoms with Crippen LogP contribution in [0.4, 0.5) is 0 Å². The smallest absolute Gasteiger partial charge is 0.0158 e. The molecular weight excluding hydrogens is 166 g/mol. The van der Waals surface area contributed by atoms with Crippen LogP contribution in [0.2, 0.25) is 0 Å². The van der Waals surface area contributed by atoms with Crippen molar-refractivity contribution in [2.24, 2.45) is 0 Å². The maximum Gasteiger partial charge on any atom is 0.0158 e. The van der Waals surface area contributed by atoms with E-state index in [9.17, 15) is 0 Å². The summed E-state index contributed by atoms with van der Waals surface area (Å²) in [5.74, 6) is 0. The number of rotatable bonds is 3. The zero-order valence-electron chi connectivity index (χ0n) is 8.22. The van der Waals surface area contributed by atoms with Crippen LogP contribution in [0, 0.1) is 0 Å². The Morgan fingerprint density at radius 3 is 2.08 bits per heavy atom. The van der Waals surface area contributed by atoms with Gasteiger partial charge in [-0.3, -0.25) is 0 Å². The highest BCUT2D eigenvalue weighted by Gasteiger charge is 1.78. The Kier molecular flexibility index (Phi) is 12.4. The van der Waals surface area contributed by atoms with Gasteiger partial charge in [-0.2, -0.15) is 0 Å². The Morgan fingerprint density at radius 1 is 1.58 bits per heavy atom. The van der Waals surface area contributed by atoms with Gasteiger partial charge in [-0.25, -0.2) is 0 Å². The first-order valence-corrected chi connectivity index (χ1v) is 4.29. The highest BCUT2D eigenvalue weighted by Crippen LogP contribution is 1.91. The van der Waals surface area contributed by atoms with Crippen LogP contribution in [0.25, 0.3) is 0 Å². The third-order valence-corrected chi connectivity index (χ3v) is 1.37. The van der Waals surface area contributed by atoms with Gasteiger partial charge in [0.05, 0.1) is 0 Å². The Hall–Kier alpha value is -0.470. The van der Waals surface area contributed by atoms with E-state index in [1.807, 2.05) is 14.0 Å². The summed E-state index contributed by atoms with van der Waals surface area (Å²) in [4.78, 5) is 0.713. The fraction of sp³-hybridized carbons (Fsp3) is 0.400. The van der Waals surface area contributed by atoms with E-state index in [0.29, 0.717) is 4.91 Å². The summed E-state index contributed by atoms with van der Waals surface area (Å²) in [6.45, 7) is 12.0. The van der Waals surface area contributed by atoms with Crippen LogP contribution >= 0.6 is 12.6 Å². The van der Waals surface area contributed by atoms with Gasteiger partial charge >= 0.3 is 0 Å². The van der Waals surface area contributed by atoms with Crippen LogP contribution < -0.4 is 5.32 Å². The first kappa shape index (κ1) is 14.1. The summed E-state index contributed by atoms with van der Waals surface area (Å²) in [5.41, 5.74) is 1.39. The van der Waals surface area contributed by atoms with E-state index in [-0.39, 0.29) is 0 Å². The second kappa shape index (κ2) is 10.5. The third-order valence-electron chi connectivity index (χ3n) is 1.18. The predicted molar refractivity (Wildman–Crippen MR) is 61.7 cm³/mol. The Morgan fingerprint density at radius 2 is 2.00 bits per heavy atom. The standard InChI is InChI=1S/C6H13N.C4H6S/c1-4-6(2)5-7-3;1-3-4(2)5/h4,7H,5H2,1-3H3;3,5H,1-2H2/b6-4+;. The van der Waals surface area contributed by atoms with Gasteiger partial charge in [0.1, 0.15) is 0 Å². The molecule has 0 amide bonds. The van der Waals surface area contributed by atoms with Crippen LogP contribution in [0.3, 0.4) is 0 Å². The number of nitrogens with one attached hydrogen (secondary N) is 1. The van der Waals surface area contributed by atoms with Crippen molar-refractivity contribution >= 4 is 12.6 Å². The first-order valence-electron chi connectivity index (χ1n) is 3.85. The average Bonchev–Trinajstić information content (AvgIpc) is 2.06. The van der Waals surface area contributed by atoms with E-state index in [1.165, 1.54) is 5.57 Å². The summed E-state index contributed by atoms with van der Waals surface area (Å²) in [5, 5.41) is 3.05. The minimum Gasteiger partial charge on any atom is -0.316 e. The van der Waals surface area contributed by atoms with Gasteiger partial charge in [-0.05, 0) is 25.8 Å². The van der Waals surface area contributed by atoms with Crippen molar-refractivity contribution in [1.29, 1.82) is 0 Å². The largest absolute Gasteiger partial charge is 0.316 e. The molecule has 12 heavy (non-hydrogen) atoms. The molecule has 0 atom stereocenters. The number of hydrogen-bond acceptors (Lipinski definition) is 2. The van der Waals surface area contributed by atoms with Crippen LogP contribution in [-0.4, -0.2) is 13.6 Å². The van der Waals surface area contributed by atoms with Crippen LogP contribution in [0.5, 0.6) is 0 Å². The van der Waals surface area contributed by atoms with Crippen LogP contribution in [-0.2, 0) is 0 Å². The Labute approximate surface area is 81.7 Å². The summed E-state index contributed by atoms with van der Waals surface area (Å²) in [6.07, 6.45) is 3.69. The normalized spacial score (nSPS) is 9.83. The first-order chi connectivity index (χ1) is 5.58. The number of allylic oxidation sites excluding steroid dienone is 2. The molecule has 0 bridgehead atoms. The van der Waals surface area contributed by atoms with Gasteiger partial charge in [0.25, 0.3) is 0 Å². The lowest BCUT2D eigenvalue weighted by Gasteiger charge is -1.93. The van der Waals surface area contributed by atoms with E-state index in [1.54, 1.807) is 6.08 Å². The molecule has 2 heteroatoms. The van der Waals surface area contributed by atoms with Gasteiger partial charge in [0.2, 0.25) is 0 Å². The van der Waals surface area contributed by atoms with E-state index in [2.05, 4.69) is 44.1 Å². The lowest BCUT2D eigenvalue weighted by molar-refractivity contribution is 0.878. The van der Waals surface area contributed by atoms with E-state index in [0.717, 1.165) is 6.54 Å². The van der Waals surface area contributed by atoms with Gasteiger partial charge in [-0.15, -0.1) is 12.6 Å². The molecule has 0 saturated carbocycles. The van der Waals surface area contributed by atoms with Gasteiger partial charge < -0.3 is 5.32 Å². The van der Waals surface area contributed by atoms with Crippen LogP contribution in [0.15, 0.2) is 35.8 Å². The van der Waals surface area contributed by atoms with Crippen molar-refractivity contribution in [3.05, 3.63) is 35.8 Å². The zero-order chi connectivity index (χ0) is 9.98. The van der Waals surface area contributed by atoms with E-state index in [4.69, 9.17) is 0 Å². The molecule has 0 aliphatic heterocycles. The lowest BCUT2D eigenvalue weighted by atomic mass is 10.3. The fourth-order valence-corrected chi connectivity index (χ4v) is 0.381. The Balaban J connectivity index is 0. The number of thiol groups is 1. The molecule has 0 unspecified atom stereocenters. The molecule has 0 rings (SSSR count). The summed E-state index contributed by atoms with van der Waals surface area (Å²) >= 11 is 3.79. The molecule has 1 nitrogen and oxygen atoms in total. The minimum atomic E-state index is 0.713. The maximum atomic E-state index is 3.79. The fourth-order valence-electron chi connectivity index (χ4n) is 0.381. The second-order valence-electron chi connectivity index (χ2n) is 2.36. The molecule has 0 aromatic carbocycles. The molecule has 1 N–H and O–H groups in total. The highest BCUT2D eigenvalue weighted by atomic mass is 32.1.